The number of aromatic nitrogens is 1. The SMILES string of the molecule is CCN(CC)CCCNc1oc(-c2ccc(OCc3ccccc3)cc2)nc1C#N. The van der Waals surface area contributed by atoms with Gasteiger partial charge < -0.3 is 19.4 Å². The summed E-state index contributed by atoms with van der Waals surface area (Å²) in [4.78, 5) is 6.69. The highest BCUT2D eigenvalue weighted by Gasteiger charge is 2.14. The van der Waals surface area contributed by atoms with Gasteiger partial charge in [0.1, 0.15) is 18.4 Å². The maximum atomic E-state index is 9.38. The van der Waals surface area contributed by atoms with Gasteiger partial charge in [-0.15, -0.1) is 0 Å². The third-order valence-electron chi connectivity index (χ3n) is 4.91. The first-order valence-corrected chi connectivity index (χ1v) is 10.4. The molecule has 2 aromatic carbocycles. The molecule has 0 unspecified atom stereocenters. The molecule has 0 aliphatic rings. The Morgan fingerprint density at radius 3 is 2.47 bits per heavy atom. The van der Waals surface area contributed by atoms with E-state index in [0.29, 0.717) is 18.4 Å². The number of oxazole rings is 1. The molecule has 0 aliphatic heterocycles. The van der Waals surface area contributed by atoms with E-state index >= 15 is 0 Å². The van der Waals surface area contributed by atoms with E-state index in [4.69, 9.17) is 9.15 Å². The summed E-state index contributed by atoms with van der Waals surface area (Å²) in [7, 11) is 0. The van der Waals surface area contributed by atoms with Crippen molar-refractivity contribution < 1.29 is 9.15 Å². The Kier molecular flexibility index (Phi) is 7.87. The van der Waals surface area contributed by atoms with Gasteiger partial charge in [-0.2, -0.15) is 10.2 Å². The van der Waals surface area contributed by atoms with Crippen LogP contribution in [0, 0.1) is 11.3 Å². The summed E-state index contributed by atoms with van der Waals surface area (Å²) in [6.45, 7) is 8.64. The Morgan fingerprint density at radius 1 is 1.07 bits per heavy atom. The minimum atomic E-state index is 0.275. The first-order chi connectivity index (χ1) is 14.7. The van der Waals surface area contributed by atoms with Crippen LogP contribution in [0.15, 0.2) is 59.0 Å². The van der Waals surface area contributed by atoms with Gasteiger partial charge in [-0.05, 0) is 55.9 Å². The number of rotatable bonds is 11. The zero-order chi connectivity index (χ0) is 21.2. The molecule has 6 heteroatoms. The monoisotopic (exact) mass is 404 g/mol. The summed E-state index contributed by atoms with van der Waals surface area (Å²) in [6.07, 6.45) is 0.968. The Hall–Kier alpha value is -3.30. The van der Waals surface area contributed by atoms with Gasteiger partial charge in [-0.25, -0.2) is 0 Å². The van der Waals surface area contributed by atoms with Crippen LogP contribution in [-0.2, 0) is 6.61 Å². The smallest absolute Gasteiger partial charge is 0.232 e. The van der Waals surface area contributed by atoms with Crippen molar-refractivity contribution in [2.75, 3.05) is 31.5 Å². The Labute approximate surface area is 178 Å². The molecule has 1 aromatic heterocycles. The average molecular weight is 405 g/mol. The third kappa shape index (κ3) is 5.85. The average Bonchev–Trinajstić information content (AvgIpc) is 3.22. The van der Waals surface area contributed by atoms with Crippen LogP contribution in [0.3, 0.4) is 0 Å². The number of hydrogen-bond donors (Lipinski definition) is 1. The molecule has 1 N–H and O–H groups in total. The first kappa shape index (κ1) is 21.4. The number of hydrogen-bond acceptors (Lipinski definition) is 6. The fraction of sp³-hybridized carbons (Fsp3) is 0.333. The maximum absolute atomic E-state index is 9.38. The van der Waals surface area contributed by atoms with Crippen molar-refractivity contribution in [2.24, 2.45) is 0 Å². The van der Waals surface area contributed by atoms with Gasteiger partial charge >= 0.3 is 0 Å². The number of nitriles is 1. The van der Waals surface area contributed by atoms with Crippen molar-refractivity contribution in [3.8, 4) is 23.3 Å². The normalized spacial score (nSPS) is 10.7. The van der Waals surface area contributed by atoms with Gasteiger partial charge in [0.2, 0.25) is 17.5 Å². The van der Waals surface area contributed by atoms with Crippen molar-refractivity contribution in [1.29, 1.82) is 5.26 Å². The van der Waals surface area contributed by atoms with E-state index in [1.165, 1.54) is 0 Å². The van der Waals surface area contributed by atoms with Crippen LogP contribution in [0.1, 0.15) is 31.5 Å². The van der Waals surface area contributed by atoms with E-state index < -0.39 is 0 Å². The van der Waals surface area contributed by atoms with Gasteiger partial charge in [0.15, 0.2) is 0 Å². The van der Waals surface area contributed by atoms with Gasteiger partial charge in [0.25, 0.3) is 0 Å². The highest BCUT2D eigenvalue weighted by Crippen LogP contribution is 2.27. The molecule has 6 nitrogen and oxygen atoms in total. The van der Waals surface area contributed by atoms with Crippen LogP contribution in [0.4, 0.5) is 5.88 Å². The summed E-state index contributed by atoms with van der Waals surface area (Å²) < 4.78 is 11.6. The summed E-state index contributed by atoms with van der Waals surface area (Å²) in [5.74, 6) is 1.62. The summed E-state index contributed by atoms with van der Waals surface area (Å²) in [6, 6.07) is 19.7. The van der Waals surface area contributed by atoms with E-state index in [2.05, 4.69) is 35.1 Å². The second kappa shape index (κ2) is 11.0. The zero-order valence-electron chi connectivity index (χ0n) is 17.6. The van der Waals surface area contributed by atoms with Gasteiger partial charge in [0.05, 0.1) is 0 Å². The van der Waals surface area contributed by atoms with Gasteiger partial charge in [0, 0.05) is 12.1 Å². The van der Waals surface area contributed by atoms with Crippen molar-refractivity contribution in [3.05, 3.63) is 65.9 Å². The fourth-order valence-electron chi connectivity index (χ4n) is 3.12. The summed E-state index contributed by atoms with van der Waals surface area (Å²) in [5, 5.41) is 12.6. The molecule has 30 heavy (non-hydrogen) atoms. The Bertz CT molecular complexity index is 942. The van der Waals surface area contributed by atoms with Crippen molar-refractivity contribution in [1.82, 2.24) is 9.88 Å². The minimum Gasteiger partial charge on any atom is -0.489 e. The molecule has 0 amide bonds. The molecule has 0 fully saturated rings. The quantitative estimate of drug-likeness (QED) is 0.457. The number of benzene rings is 2. The number of anilines is 1. The van der Waals surface area contributed by atoms with Gasteiger partial charge in [-0.3, -0.25) is 0 Å². The lowest BCUT2D eigenvalue weighted by atomic mass is 10.2. The highest BCUT2D eigenvalue weighted by atomic mass is 16.5. The lowest BCUT2D eigenvalue weighted by molar-refractivity contribution is 0.302. The second-order valence-corrected chi connectivity index (χ2v) is 6.91. The molecule has 0 atom stereocenters. The van der Waals surface area contributed by atoms with Crippen molar-refractivity contribution >= 4 is 5.88 Å². The number of ether oxygens (including phenoxy) is 1. The van der Waals surface area contributed by atoms with E-state index in [0.717, 1.165) is 49.5 Å². The summed E-state index contributed by atoms with van der Waals surface area (Å²) >= 11 is 0. The second-order valence-electron chi connectivity index (χ2n) is 6.91. The van der Waals surface area contributed by atoms with E-state index in [1.54, 1.807) is 0 Å². The molecule has 0 aliphatic carbocycles. The van der Waals surface area contributed by atoms with E-state index in [-0.39, 0.29) is 5.69 Å². The van der Waals surface area contributed by atoms with Crippen LogP contribution in [-0.4, -0.2) is 36.1 Å². The lowest BCUT2D eigenvalue weighted by Crippen LogP contribution is -2.25. The molecule has 0 saturated carbocycles. The summed E-state index contributed by atoms with van der Waals surface area (Å²) in [5.41, 5.74) is 2.19. The fourth-order valence-corrected chi connectivity index (χ4v) is 3.12. The van der Waals surface area contributed by atoms with E-state index in [1.807, 2.05) is 54.6 Å². The maximum Gasteiger partial charge on any atom is 0.232 e. The van der Waals surface area contributed by atoms with Crippen LogP contribution >= 0.6 is 0 Å². The predicted molar refractivity (Wildman–Crippen MR) is 118 cm³/mol. The predicted octanol–water partition coefficient (Wildman–Crippen LogP) is 4.94. The molecule has 156 valence electrons. The minimum absolute atomic E-state index is 0.275. The molecule has 1 heterocycles. The Morgan fingerprint density at radius 2 is 1.80 bits per heavy atom. The van der Waals surface area contributed by atoms with Crippen LogP contribution < -0.4 is 10.1 Å². The number of nitrogens with zero attached hydrogens (tertiary/aromatic N) is 3. The molecule has 3 aromatic rings. The third-order valence-corrected chi connectivity index (χ3v) is 4.91. The first-order valence-electron chi connectivity index (χ1n) is 10.4. The van der Waals surface area contributed by atoms with Crippen LogP contribution in [0.25, 0.3) is 11.5 Å². The molecular weight excluding hydrogens is 376 g/mol. The zero-order valence-corrected chi connectivity index (χ0v) is 17.6. The molecular formula is C24H28N4O2. The number of nitrogens with one attached hydrogen (secondary N) is 1. The molecule has 0 saturated heterocycles. The highest BCUT2D eigenvalue weighted by molar-refractivity contribution is 5.59. The molecule has 0 radical (unpaired) electrons. The molecule has 3 rings (SSSR count). The molecule has 0 spiro atoms. The standard InChI is InChI=1S/C24H28N4O2/c1-3-28(4-2)16-8-15-26-24-22(17-25)27-23(30-24)20-11-13-21(14-12-20)29-18-19-9-6-5-7-10-19/h5-7,9-14,26H,3-4,8,15-16,18H2,1-2H3. The topological polar surface area (TPSA) is 74.3 Å². The Balaban J connectivity index is 1.58. The van der Waals surface area contributed by atoms with Crippen LogP contribution in [0.5, 0.6) is 5.75 Å². The molecule has 0 bridgehead atoms. The van der Waals surface area contributed by atoms with Crippen molar-refractivity contribution in [2.45, 2.75) is 26.9 Å². The van der Waals surface area contributed by atoms with Crippen molar-refractivity contribution in [3.63, 3.8) is 0 Å². The van der Waals surface area contributed by atoms with Crippen LogP contribution in [0.2, 0.25) is 0 Å². The van der Waals surface area contributed by atoms with E-state index in [9.17, 15) is 5.26 Å². The lowest BCUT2D eigenvalue weighted by Gasteiger charge is -2.17. The largest absolute Gasteiger partial charge is 0.489 e. The van der Waals surface area contributed by atoms with Gasteiger partial charge in [-0.1, -0.05) is 44.2 Å².